The van der Waals surface area contributed by atoms with Crippen LogP contribution < -0.4 is 0 Å². The summed E-state index contributed by atoms with van der Waals surface area (Å²) < 4.78 is 0.163. The number of hydrogen-bond donors (Lipinski definition) is 0. The van der Waals surface area contributed by atoms with E-state index in [2.05, 4.69) is 73.9 Å². The average molecular weight is 545 g/mol. The lowest BCUT2D eigenvalue weighted by Gasteiger charge is -2.05. The van der Waals surface area contributed by atoms with E-state index in [1.165, 1.54) is 18.0 Å². The molecule has 0 N–H and O–H groups in total. The maximum Gasteiger partial charge on any atom is 0.161 e. The monoisotopic (exact) mass is 545 g/mol. The van der Waals surface area contributed by atoms with Crippen molar-refractivity contribution in [1.29, 1.82) is 0 Å². The van der Waals surface area contributed by atoms with Crippen molar-refractivity contribution < 1.29 is 0 Å². The highest BCUT2D eigenvalue weighted by Gasteiger charge is 2.05. The van der Waals surface area contributed by atoms with Crippen LogP contribution in [0.2, 0.25) is 6.04 Å². The fraction of sp³-hybridized carbons (Fsp3) is 0.250. The second-order valence-electron chi connectivity index (χ2n) is 2.67. The topological polar surface area (TPSA) is 0 Å². The Bertz CT molecular complexity index is 230. The van der Waals surface area contributed by atoms with Crippen LogP contribution in [0.1, 0.15) is 5.56 Å². The summed E-state index contributed by atoms with van der Waals surface area (Å²) >= 11 is 6.18. The van der Waals surface area contributed by atoms with Crippen LogP contribution in [0.5, 0.6) is 0 Å². The predicted octanol–water partition coefficient (Wildman–Crippen LogP) is 3.29. The molecule has 0 fully saturated rings. The third-order valence-electron chi connectivity index (χ3n) is 1.72. The zero-order valence-electron chi connectivity index (χ0n) is 7.22. The van der Waals surface area contributed by atoms with E-state index in [0.29, 0.717) is 4.51 Å². The summed E-state index contributed by atoms with van der Waals surface area (Å²) in [5.41, 5.74) is 1.54. The highest BCUT2D eigenvalue weighted by Crippen LogP contribution is 2.26. The van der Waals surface area contributed by atoms with Crippen molar-refractivity contribution in [3.8, 4) is 0 Å². The molecule has 0 nitrogen and oxygen atoms in total. The van der Waals surface area contributed by atoms with Crippen molar-refractivity contribution in [2.75, 3.05) is 0 Å². The molecule has 1 unspecified atom stereocenters. The van der Waals surface area contributed by atoms with E-state index in [1.54, 1.807) is 0 Å². The van der Waals surface area contributed by atoms with Crippen LogP contribution >= 0.6 is 63.2 Å². The molecule has 0 aromatic heterocycles. The summed E-state index contributed by atoms with van der Waals surface area (Å²) in [7, 11) is 0. The molecule has 0 bridgehead atoms. The fourth-order valence-electron chi connectivity index (χ4n) is 1.06. The molecular weight excluding hydrogens is 533 g/mol. The van der Waals surface area contributed by atoms with Crippen molar-refractivity contribution in [3.63, 3.8) is 0 Å². The van der Waals surface area contributed by atoms with Gasteiger partial charge in [-0.1, -0.05) is 30.3 Å². The molecule has 0 aliphatic rings. The van der Waals surface area contributed by atoms with Crippen molar-refractivity contribution >= 4 is 71.5 Å². The van der Waals surface area contributed by atoms with Crippen molar-refractivity contribution in [2.45, 2.75) is 12.5 Å². The minimum Gasteiger partial charge on any atom is -0.183 e. The molecule has 0 spiro atoms. The van der Waals surface area contributed by atoms with E-state index >= 15 is 0 Å². The van der Waals surface area contributed by atoms with Crippen molar-refractivity contribution in [3.05, 3.63) is 35.9 Å². The van der Waals surface area contributed by atoms with Gasteiger partial charge < -0.3 is 0 Å². The molecule has 1 aromatic rings. The fourth-order valence-corrected chi connectivity index (χ4v) is 84.6. The average Bonchev–Trinajstić information content (AvgIpc) is 2.17. The van der Waals surface area contributed by atoms with Crippen LogP contribution in [0.4, 0.5) is 0 Å². The third-order valence-corrected chi connectivity index (χ3v) is 59.8. The van der Waals surface area contributed by atoms with Crippen LogP contribution in [0.3, 0.4) is 0 Å². The second kappa shape index (κ2) is 8.05. The second-order valence-corrected chi connectivity index (χ2v) is 42.9. The molecule has 0 saturated carbocycles. The molecular formula is C8H12I3Si2. The van der Waals surface area contributed by atoms with Crippen LogP contribution in [0, 0.1) is 0 Å². The molecule has 0 saturated heterocycles. The Hall–Kier alpha value is 1.84. The van der Waals surface area contributed by atoms with E-state index < -0.39 is 0 Å². The summed E-state index contributed by atoms with van der Waals surface area (Å²) in [4.78, 5) is 0. The van der Waals surface area contributed by atoms with Crippen LogP contribution in [-0.2, 0) is 6.42 Å². The first-order valence-electron chi connectivity index (χ1n) is 4.14. The van der Waals surface area contributed by atoms with E-state index in [4.69, 9.17) is 0 Å². The lowest BCUT2D eigenvalue weighted by Crippen LogP contribution is -1.97. The molecule has 0 aliphatic heterocycles. The SMILES string of the molecule is I[SiH2][I][SiH](I)CCc1ccccc1. The smallest absolute Gasteiger partial charge is 0.161 e. The minimum atomic E-state index is -0.238. The summed E-state index contributed by atoms with van der Waals surface area (Å²) in [6, 6.07) is 12.5. The number of benzene rings is 1. The van der Waals surface area contributed by atoms with Gasteiger partial charge >= 0.3 is 0 Å². The van der Waals surface area contributed by atoms with Gasteiger partial charge in [-0.25, -0.2) is 0 Å². The van der Waals surface area contributed by atoms with Gasteiger partial charge in [0.1, 0.15) is 4.51 Å². The standard InChI is InChI=1S/C8H12I3Si2/c9-12-11-13(10)7-6-8-4-2-1-3-5-8/h1-5,13H,6-7,12H2. The Morgan fingerprint density at radius 1 is 1.31 bits per heavy atom. The van der Waals surface area contributed by atoms with E-state index in [0.717, 1.165) is 19.6 Å². The normalized spacial score (nSPS) is 13.7. The van der Waals surface area contributed by atoms with Gasteiger partial charge in [-0.2, -0.15) is 19.6 Å². The zero-order chi connectivity index (χ0) is 9.52. The number of hydrogen-bond acceptors (Lipinski definition) is 0. The minimum absolute atomic E-state index is 0.238. The maximum absolute atomic E-state index is 2.79. The number of rotatable bonds is 5. The number of halogens is 3. The Labute approximate surface area is 118 Å². The summed E-state index contributed by atoms with van der Waals surface area (Å²) in [6.07, 6.45) is 1.34. The van der Waals surface area contributed by atoms with Crippen molar-refractivity contribution in [1.82, 2.24) is 0 Å². The molecule has 1 rings (SSSR count). The largest absolute Gasteiger partial charge is 0.183 e. The zero-order valence-corrected chi connectivity index (χ0v) is 16.3. The van der Waals surface area contributed by atoms with Gasteiger partial charge in [0.25, 0.3) is 0 Å². The van der Waals surface area contributed by atoms with Gasteiger partial charge in [0.15, 0.2) is 3.79 Å². The Morgan fingerprint density at radius 2 is 2.00 bits per heavy atom. The Balaban J connectivity index is 2.27. The maximum atomic E-state index is 2.79. The first-order valence-corrected chi connectivity index (χ1v) is 23.5. The van der Waals surface area contributed by atoms with Gasteiger partial charge in [-0.3, -0.25) is 0 Å². The molecule has 0 heterocycles. The Morgan fingerprint density at radius 3 is 2.62 bits per heavy atom. The highest BCUT2D eigenvalue weighted by molar-refractivity contribution is 14.4. The van der Waals surface area contributed by atoms with E-state index in [-0.39, 0.29) is 3.79 Å². The van der Waals surface area contributed by atoms with Gasteiger partial charge in [0.2, 0.25) is 0 Å². The van der Waals surface area contributed by atoms with E-state index in [9.17, 15) is 0 Å². The Kier molecular flexibility index (Phi) is 7.99. The molecule has 0 amide bonds. The van der Waals surface area contributed by atoms with Crippen LogP contribution in [-0.4, -0.2) is 8.30 Å². The molecule has 0 aliphatic carbocycles. The first kappa shape index (κ1) is 12.9. The van der Waals surface area contributed by atoms with Gasteiger partial charge in [0, 0.05) is 0 Å². The lowest BCUT2D eigenvalue weighted by atomic mass is 10.2. The highest BCUT2D eigenvalue weighted by atomic mass is 127. The van der Waals surface area contributed by atoms with Crippen LogP contribution in [0.25, 0.3) is 0 Å². The van der Waals surface area contributed by atoms with Gasteiger partial charge in [0.05, 0.1) is 0 Å². The summed E-state index contributed by atoms with van der Waals surface area (Å²) in [6.45, 7) is 0. The quantitative estimate of drug-likeness (QED) is 0.303. The molecule has 1 atom stereocenters. The third kappa shape index (κ3) is 6.10. The van der Waals surface area contributed by atoms with Gasteiger partial charge in [-0.05, 0) is 18.0 Å². The number of aryl methyl sites for hydroxylation is 1. The summed E-state index contributed by atoms with van der Waals surface area (Å²) in [5.74, 6) is 0. The van der Waals surface area contributed by atoms with Crippen LogP contribution in [0.15, 0.2) is 30.3 Å². The van der Waals surface area contributed by atoms with Gasteiger partial charge in [-0.15, -0.1) is 43.6 Å². The lowest BCUT2D eigenvalue weighted by molar-refractivity contribution is 1.13. The molecule has 73 valence electrons. The summed E-state index contributed by atoms with van der Waals surface area (Å²) in [5, 5.41) is 0. The molecule has 13 heavy (non-hydrogen) atoms. The first-order chi connectivity index (χ1) is 6.33. The van der Waals surface area contributed by atoms with Crippen molar-refractivity contribution in [2.24, 2.45) is 0 Å². The van der Waals surface area contributed by atoms with E-state index in [1.807, 2.05) is 0 Å². The molecule has 5 heteroatoms. The predicted molar refractivity (Wildman–Crippen MR) is 92.7 cm³/mol. The molecule has 1 radical (unpaired) electrons. The molecule has 1 aromatic carbocycles.